The van der Waals surface area contributed by atoms with E-state index in [-0.39, 0.29) is 0 Å². The van der Waals surface area contributed by atoms with E-state index in [9.17, 15) is 0 Å². The monoisotopic (exact) mass is 253 g/mol. The molecule has 0 aromatic heterocycles. The van der Waals surface area contributed by atoms with Crippen LogP contribution >= 0.6 is 0 Å². The predicted molar refractivity (Wildman–Crippen MR) is 74.6 cm³/mol. The fourth-order valence-corrected chi connectivity index (χ4v) is 2.15. The Hall–Kier alpha value is -0.843. The van der Waals surface area contributed by atoms with E-state index in [1.807, 2.05) is 18.2 Å². The molecule has 0 saturated carbocycles. The van der Waals surface area contributed by atoms with Gasteiger partial charge >= 0.3 is 8.56 Å². The Morgan fingerprint density at radius 2 is 1.82 bits per heavy atom. The van der Waals surface area contributed by atoms with Gasteiger partial charge in [0.15, 0.2) is 0 Å². The Labute approximate surface area is 105 Å². The summed E-state index contributed by atoms with van der Waals surface area (Å²) in [6.45, 7) is 5.91. The Kier molecular flexibility index (Phi) is 6.25. The summed E-state index contributed by atoms with van der Waals surface area (Å²) in [5, 5.41) is 3.38. The van der Waals surface area contributed by atoms with Crippen molar-refractivity contribution in [3.8, 4) is 0 Å². The molecule has 1 N–H and O–H groups in total. The molecule has 0 spiro atoms. The minimum atomic E-state index is -1.82. The van der Waals surface area contributed by atoms with Gasteiger partial charge in [0, 0.05) is 25.9 Å². The summed E-state index contributed by atoms with van der Waals surface area (Å²) in [7, 11) is -0.0964. The van der Waals surface area contributed by atoms with Crippen LogP contribution in [0.1, 0.15) is 12.8 Å². The van der Waals surface area contributed by atoms with Crippen LogP contribution < -0.4 is 5.32 Å². The van der Waals surface area contributed by atoms with Crippen LogP contribution in [0.5, 0.6) is 0 Å². The van der Waals surface area contributed by atoms with Crippen LogP contribution in [-0.4, -0.2) is 28.8 Å². The lowest BCUT2D eigenvalue weighted by molar-refractivity contribution is 0.207. The van der Waals surface area contributed by atoms with Crippen LogP contribution in [0, 0.1) is 0 Å². The van der Waals surface area contributed by atoms with Gasteiger partial charge in [-0.25, -0.2) is 0 Å². The molecule has 0 amide bonds. The lowest BCUT2D eigenvalue weighted by Gasteiger charge is -2.19. The van der Waals surface area contributed by atoms with Crippen LogP contribution in [0.4, 0.5) is 5.69 Å². The smallest absolute Gasteiger partial charge is 0.331 e. The molecule has 1 aromatic carbocycles. The molecule has 0 heterocycles. The van der Waals surface area contributed by atoms with Crippen molar-refractivity contribution >= 4 is 14.2 Å². The van der Waals surface area contributed by atoms with Gasteiger partial charge in [0.1, 0.15) is 0 Å². The summed E-state index contributed by atoms with van der Waals surface area (Å²) in [6, 6.07) is 10.3. The Bertz CT molecular complexity index is 304. The molecule has 0 bridgehead atoms. The van der Waals surface area contributed by atoms with E-state index in [0.29, 0.717) is 0 Å². The van der Waals surface area contributed by atoms with E-state index in [0.717, 1.165) is 26.0 Å². The molecule has 4 heteroatoms. The third-order valence-electron chi connectivity index (χ3n) is 2.62. The highest BCUT2D eigenvalue weighted by Gasteiger charge is 2.21. The first-order valence-corrected chi connectivity index (χ1v) is 8.94. The Balaban J connectivity index is 2.02. The minimum absolute atomic E-state index is 0.795. The molecule has 0 aliphatic rings. The maximum atomic E-state index is 5.72. The van der Waals surface area contributed by atoms with E-state index in [2.05, 4.69) is 30.5 Å². The van der Waals surface area contributed by atoms with E-state index < -0.39 is 8.56 Å². The average molecular weight is 253 g/mol. The van der Waals surface area contributed by atoms with Crippen molar-refractivity contribution in [3.63, 3.8) is 0 Å². The van der Waals surface area contributed by atoms with Crippen LogP contribution in [-0.2, 0) is 8.85 Å². The topological polar surface area (TPSA) is 30.5 Å². The van der Waals surface area contributed by atoms with Crippen molar-refractivity contribution in [1.29, 1.82) is 0 Å². The maximum absolute atomic E-state index is 5.72. The molecular weight excluding hydrogens is 230 g/mol. The van der Waals surface area contributed by atoms with Crippen molar-refractivity contribution in [2.24, 2.45) is 0 Å². The molecular formula is C13H23NO2Si. The normalized spacial score (nSPS) is 11.5. The summed E-state index contributed by atoms with van der Waals surface area (Å²) in [4.78, 5) is 0. The molecule has 96 valence electrons. The highest BCUT2D eigenvalue weighted by Crippen LogP contribution is 2.07. The van der Waals surface area contributed by atoms with Gasteiger partial charge < -0.3 is 14.2 Å². The quantitative estimate of drug-likeness (QED) is 0.570. The second-order valence-electron chi connectivity index (χ2n) is 4.45. The zero-order valence-corrected chi connectivity index (χ0v) is 12.0. The number of rotatable bonds is 8. The van der Waals surface area contributed by atoms with Crippen LogP contribution in [0.15, 0.2) is 30.3 Å². The van der Waals surface area contributed by atoms with Crippen molar-refractivity contribution in [1.82, 2.24) is 0 Å². The number of hydrogen-bond donors (Lipinski definition) is 1. The van der Waals surface area contributed by atoms with Gasteiger partial charge in [0.05, 0.1) is 0 Å². The molecule has 0 aliphatic heterocycles. The first kappa shape index (κ1) is 14.2. The number of para-hydroxylation sites is 1. The number of nitrogens with one attached hydrogen (secondary N) is 1. The van der Waals surface area contributed by atoms with Gasteiger partial charge in [-0.15, -0.1) is 0 Å². The molecule has 0 aliphatic carbocycles. The standard InChI is InChI=1S/C13H23NO2Si/c1-15-17(2,3)16-12-8-7-11-14-13-9-5-4-6-10-13/h4-6,9-10,14H,7-8,11-12H2,1-3H3. The predicted octanol–water partition coefficient (Wildman–Crippen LogP) is 3.24. The Morgan fingerprint density at radius 1 is 1.12 bits per heavy atom. The van der Waals surface area contributed by atoms with E-state index in [1.165, 1.54) is 5.69 Å². The van der Waals surface area contributed by atoms with Gasteiger partial charge in [-0.1, -0.05) is 18.2 Å². The van der Waals surface area contributed by atoms with Crippen LogP contribution in [0.3, 0.4) is 0 Å². The first-order valence-electron chi connectivity index (χ1n) is 6.12. The van der Waals surface area contributed by atoms with Gasteiger partial charge in [0.25, 0.3) is 0 Å². The lowest BCUT2D eigenvalue weighted by atomic mass is 10.3. The third kappa shape index (κ3) is 6.46. The molecule has 0 radical (unpaired) electrons. The number of anilines is 1. The first-order chi connectivity index (χ1) is 8.14. The van der Waals surface area contributed by atoms with Crippen molar-refractivity contribution < 1.29 is 8.85 Å². The summed E-state index contributed by atoms with van der Waals surface area (Å²) in [6.07, 6.45) is 2.18. The van der Waals surface area contributed by atoms with E-state index >= 15 is 0 Å². The molecule has 0 unspecified atom stereocenters. The number of hydrogen-bond acceptors (Lipinski definition) is 3. The molecule has 3 nitrogen and oxygen atoms in total. The Morgan fingerprint density at radius 3 is 2.47 bits per heavy atom. The zero-order chi connectivity index (χ0) is 12.6. The van der Waals surface area contributed by atoms with Crippen LogP contribution in [0.25, 0.3) is 0 Å². The summed E-state index contributed by atoms with van der Waals surface area (Å²) < 4.78 is 11.0. The second kappa shape index (κ2) is 7.48. The fraction of sp³-hybridized carbons (Fsp3) is 0.538. The summed E-state index contributed by atoms with van der Waals surface area (Å²) in [5.41, 5.74) is 1.18. The largest absolute Gasteiger partial charge is 0.398 e. The average Bonchev–Trinajstić information content (AvgIpc) is 2.35. The molecule has 0 fully saturated rings. The number of benzene rings is 1. The number of unbranched alkanes of at least 4 members (excludes halogenated alkanes) is 1. The van der Waals surface area contributed by atoms with Crippen molar-refractivity contribution in [3.05, 3.63) is 30.3 Å². The highest BCUT2D eigenvalue weighted by molar-refractivity contribution is 6.64. The lowest BCUT2D eigenvalue weighted by Crippen LogP contribution is -2.33. The minimum Gasteiger partial charge on any atom is -0.398 e. The summed E-state index contributed by atoms with van der Waals surface area (Å²) in [5.74, 6) is 0. The van der Waals surface area contributed by atoms with Gasteiger partial charge in [-0.05, 0) is 38.1 Å². The van der Waals surface area contributed by atoms with E-state index in [1.54, 1.807) is 7.11 Å². The second-order valence-corrected chi connectivity index (χ2v) is 7.95. The third-order valence-corrected chi connectivity index (χ3v) is 4.50. The molecule has 17 heavy (non-hydrogen) atoms. The zero-order valence-electron chi connectivity index (χ0n) is 11.0. The molecule has 0 atom stereocenters. The molecule has 0 saturated heterocycles. The van der Waals surface area contributed by atoms with Crippen molar-refractivity contribution in [2.75, 3.05) is 25.6 Å². The molecule has 1 rings (SSSR count). The van der Waals surface area contributed by atoms with Gasteiger partial charge in [0.2, 0.25) is 0 Å². The fourth-order valence-electron chi connectivity index (χ4n) is 1.39. The van der Waals surface area contributed by atoms with Gasteiger partial charge in [-0.2, -0.15) is 0 Å². The van der Waals surface area contributed by atoms with E-state index in [4.69, 9.17) is 8.85 Å². The van der Waals surface area contributed by atoms with Crippen LogP contribution in [0.2, 0.25) is 13.1 Å². The van der Waals surface area contributed by atoms with Gasteiger partial charge in [-0.3, -0.25) is 0 Å². The maximum Gasteiger partial charge on any atom is 0.331 e. The highest BCUT2D eigenvalue weighted by atomic mass is 28.4. The molecule has 1 aromatic rings. The SMILES string of the molecule is CO[Si](C)(C)OCCCCNc1ccccc1. The van der Waals surface area contributed by atoms with Crippen molar-refractivity contribution in [2.45, 2.75) is 25.9 Å². The summed E-state index contributed by atoms with van der Waals surface area (Å²) >= 11 is 0.